The maximum atomic E-state index is 12.9. The second-order valence-corrected chi connectivity index (χ2v) is 6.27. The van der Waals surface area contributed by atoms with Gasteiger partial charge in [0, 0.05) is 24.4 Å². The molecular weight excluding hydrogens is 335 g/mol. The third kappa shape index (κ3) is 4.02. The lowest BCUT2D eigenvalue weighted by Crippen LogP contribution is -2.31. The van der Waals surface area contributed by atoms with Crippen molar-refractivity contribution < 1.29 is 18.0 Å². The molecule has 3 rings (SSSR count). The van der Waals surface area contributed by atoms with Crippen LogP contribution in [0.25, 0.3) is 0 Å². The molecule has 0 bridgehead atoms. The number of aromatic nitrogens is 4. The molecule has 9 heteroatoms. The van der Waals surface area contributed by atoms with Gasteiger partial charge in [-0.15, -0.1) is 0 Å². The summed E-state index contributed by atoms with van der Waals surface area (Å²) in [5.41, 5.74) is 0.233. The summed E-state index contributed by atoms with van der Waals surface area (Å²) in [6.07, 6.45) is -1.04. The highest BCUT2D eigenvalue weighted by atomic mass is 19.4. The Bertz CT molecular complexity index is 760. The van der Waals surface area contributed by atoms with Crippen LogP contribution in [0.5, 0.6) is 0 Å². The van der Waals surface area contributed by atoms with E-state index < -0.39 is 17.8 Å². The maximum Gasteiger partial charge on any atom is 0.435 e. The van der Waals surface area contributed by atoms with Crippen molar-refractivity contribution in [3.8, 4) is 0 Å². The number of hydrogen-bond donors (Lipinski definition) is 1. The first kappa shape index (κ1) is 17.5. The molecule has 1 amide bonds. The van der Waals surface area contributed by atoms with Crippen LogP contribution in [-0.4, -0.2) is 25.5 Å². The zero-order valence-corrected chi connectivity index (χ0v) is 14.0. The minimum atomic E-state index is -4.51. The summed E-state index contributed by atoms with van der Waals surface area (Å²) in [6.45, 7) is 4.22. The lowest BCUT2D eigenvalue weighted by molar-refractivity contribution is -0.141. The molecule has 1 fully saturated rings. The fourth-order valence-electron chi connectivity index (χ4n) is 2.69. The predicted octanol–water partition coefficient (Wildman–Crippen LogP) is 2.87. The van der Waals surface area contributed by atoms with Gasteiger partial charge >= 0.3 is 6.18 Å². The molecule has 136 valence electrons. The first-order valence-electron chi connectivity index (χ1n) is 8.25. The second-order valence-electron chi connectivity index (χ2n) is 6.27. The SMILES string of the molecule is CCn1ccc(C(C)NC(=O)Cn2nc(C(F)(F)F)cc2C2CC2)n1. The summed E-state index contributed by atoms with van der Waals surface area (Å²) in [5.74, 6) is -0.327. The van der Waals surface area contributed by atoms with E-state index in [1.807, 2.05) is 13.1 Å². The number of halogens is 3. The van der Waals surface area contributed by atoms with Gasteiger partial charge < -0.3 is 5.32 Å². The Labute approximate surface area is 143 Å². The molecule has 0 aliphatic heterocycles. The molecule has 0 spiro atoms. The molecule has 2 aromatic rings. The predicted molar refractivity (Wildman–Crippen MR) is 83.7 cm³/mol. The van der Waals surface area contributed by atoms with Gasteiger partial charge in [-0.1, -0.05) is 0 Å². The molecule has 1 atom stereocenters. The Kier molecular flexibility index (Phi) is 4.57. The highest BCUT2D eigenvalue weighted by Gasteiger charge is 2.38. The molecule has 0 saturated heterocycles. The third-order valence-corrected chi connectivity index (χ3v) is 4.20. The molecule has 1 saturated carbocycles. The van der Waals surface area contributed by atoms with Crippen LogP contribution in [0.2, 0.25) is 0 Å². The number of nitrogens with zero attached hydrogens (tertiary/aromatic N) is 4. The lowest BCUT2D eigenvalue weighted by atomic mass is 10.2. The van der Waals surface area contributed by atoms with Crippen molar-refractivity contribution in [2.24, 2.45) is 0 Å². The minimum Gasteiger partial charge on any atom is -0.346 e. The van der Waals surface area contributed by atoms with Crippen molar-refractivity contribution in [3.63, 3.8) is 0 Å². The van der Waals surface area contributed by atoms with E-state index in [1.165, 1.54) is 4.68 Å². The Morgan fingerprint density at radius 1 is 1.40 bits per heavy atom. The Morgan fingerprint density at radius 3 is 2.68 bits per heavy atom. The number of amides is 1. The number of nitrogens with one attached hydrogen (secondary N) is 1. The van der Waals surface area contributed by atoms with Crippen molar-refractivity contribution in [2.75, 3.05) is 0 Å². The van der Waals surface area contributed by atoms with Gasteiger partial charge in [-0.05, 0) is 38.8 Å². The number of alkyl halides is 3. The van der Waals surface area contributed by atoms with Gasteiger partial charge in [-0.25, -0.2) is 0 Å². The largest absolute Gasteiger partial charge is 0.435 e. The molecular formula is C16H20F3N5O. The summed E-state index contributed by atoms with van der Waals surface area (Å²) >= 11 is 0. The van der Waals surface area contributed by atoms with Crippen LogP contribution in [0.4, 0.5) is 13.2 Å². The van der Waals surface area contributed by atoms with Crippen LogP contribution >= 0.6 is 0 Å². The number of aryl methyl sites for hydroxylation is 1. The van der Waals surface area contributed by atoms with E-state index >= 15 is 0 Å². The number of carbonyl (C=O) groups is 1. The van der Waals surface area contributed by atoms with E-state index in [4.69, 9.17) is 0 Å². The molecule has 2 heterocycles. The zero-order chi connectivity index (χ0) is 18.2. The molecule has 1 N–H and O–H groups in total. The minimum absolute atomic E-state index is 0.0640. The fraction of sp³-hybridized carbons (Fsp3) is 0.562. The van der Waals surface area contributed by atoms with E-state index in [9.17, 15) is 18.0 Å². The maximum absolute atomic E-state index is 12.9. The van der Waals surface area contributed by atoms with Crippen molar-refractivity contribution in [3.05, 3.63) is 35.4 Å². The molecule has 2 aromatic heterocycles. The van der Waals surface area contributed by atoms with Crippen LogP contribution < -0.4 is 5.32 Å². The fourth-order valence-corrected chi connectivity index (χ4v) is 2.69. The van der Waals surface area contributed by atoms with Gasteiger partial charge in [-0.3, -0.25) is 14.2 Å². The zero-order valence-electron chi connectivity index (χ0n) is 14.0. The van der Waals surface area contributed by atoms with Crippen molar-refractivity contribution in [1.29, 1.82) is 0 Å². The molecule has 6 nitrogen and oxygen atoms in total. The summed E-state index contributed by atoms with van der Waals surface area (Å²) in [6, 6.07) is 2.53. The van der Waals surface area contributed by atoms with Gasteiger partial charge in [0.05, 0.1) is 11.7 Å². The van der Waals surface area contributed by atoms with Crippen LogP contribution in [0.3, 0.4) is 0 Å². The third-order valence-electron chi connectivity index (χ3n) is 4.20. The highest BCUT2D eigenvalue weighted by molar-refractivity contribution is 5.76. The van der Waals surface area contributed by atoms with E-state index in [0.717, 1.165) is 25.5 Å². The van der Waals surface area contributed by atoms with Gasteiger partial charge in [0.25, 0.3) is 0 Å². The smallest absolute Gasteiger partial charge is 0.346 e. The first-order valence-corrected chi connectivity index (χ1v) is 8.25. The summed E-state index contributed by atoms with van der Waals surface area (Å²) < 4.78 is 41.6. The van der Waals surface area contributed by atoms with Crippen molar-refractivity contribution in [2.45, 2.75) is 57.9 Å². The van der Waals surface area contributed by atoms with Crippen molar-refractivity contribution in [1.82, 2.24) is 24.9 Å². The van der Waals surface area contributed by atoms with Gasteiger partial charge in [-0.2, -0.15) is 23.4 Å². The molecule has 1 unspecified atom stereocenters. The first-order chi connectivity index (χ1) is 11.8. The molecule has 1 aliphatic rings. The number of rotatable bonds is 6. The standard InChI is InChI=1S/C16H20F3N5O/c1-3-23-7-6-12(21-23)10(2)20-15(25)9-24-13(11-4-5-11)8-14(22-24)16(17,18)19/h6-8,10-11H,3-5,9H2,1-2H3,(H,20,25). The van der Waals surface area contributed by atoms with Crippen LogP contribution in [-0.2, 0) is 24.1 Å². The Hall–Kier alpha value is -2.32. The average molecular weight is 355 g/mol. The summed E-state index contributed by atoms with van der Waals surface area (Å²) in [4.78, 5) is 12.2. The number of carbonyl (C=O) groups excluding carboxylic acids is 1. The van der Waals surface area contributed by atoms with E-state index in [2.05, 4.69) is 15.5 Å². The van der Waals surface area contributed by atoms with Crippen LogP contribution in [0.1, 0.15) is 55.7 Å². The van der Waals surface area contributed by atoms with Crippen molar-refractivity contribution >= 4 is 5.91 Å². The van der Waals surface area contributed by atoms with E-state index in [0.29, 0.717) is 11.4 Å². The molecule has 0 aromatic carbocycles. The topological polar surface area (TPSA) is 64.7 Å². The molecule has 25 heavy (non-hydrogen) atoms. The van der Waals surface area contributed by atoms with Crippen LogP contribution in [0, 0.1) is 0 Å². The molecule has 0 radical (unpaired) electrons. The summed E-state index contributed by atoms with van der Waals surface area (Å²) in [5, 5.41) is 10.7. The van der Waals surface area contributed by atoms with E-state index in [-0.39, 0.29) is 18.5 Å². The normalized spacial score (nSPS) is 16.0. The van der Waals surface area contributed by atoms with E-state index in [1.54, 1.807) is 17.7 Å². The monoisotopic (exact) mass is 355 g/mol. The number of hydrogen-bond acceptors (Lipinski definition) is 3. The quantitative estimate of drug-likeness (QED) is 0.867. The van der Waals surface area contributed by atoms with Crippen LogP contribution in [0.15, 0.2) is 18.3 Å². The average Bonchev–Trinajstić information content (AvgIpc) is 3.09. The lowest BCUT2D eigenvalue weighted by Gasteiger charge is -2.13. The second kappa shape index (κ2) is 6.53. The highest BCUT2D eigenvalue weighted by Crippen LogP contribution is 2.42. The molecule has 1 aliphatic carbocycles. The van der Waals surface area contributed by atoms with Gasteiger partial charge in [0.1, 0.15) is 6.54 Å². The van der Waals surface area contributed by atoms with Gasteiger partial charge in [0.15, 0.2) is 5.69 Å². The Morgan fingerprint density at radius 2 is 2.12 bits per heavy atom. The summed E-state index contributed by atoms with van der Waals surface area (Å²) in [7, 11) is 0. The Balaban J connectivity index is 1.69. The van der Waals surface area contributed by atoms with Gasteiger partial charge in [0.2, 0.25) is 5.91 Å².